The fourth-order valence-electron chi connectivity index (χ4n) is 1.89. The minimum Gasteiger partial charge on any atom is -0.0990 e. The summed E-state index contributed by atoms with van der Waals surface area (Å²) in [6, 6.07) is 0. The normalized spacial score (nSPS) is 24.0. The van der Waals surface area contributed by atoms with Crippen LogP contribution in [0.25, 0.3) is 0 Å². The molecule has 0 heteroatoms. The van der Waals surface area contributed by atoms with Gasteiger partial charge < -0.3 is 0 Å². The molecule has 0 aromatic carbocycles. The molecule has 0 amide bonds. The summed E-state index contributed by atoms with van der Waals surface area (Å²) < 4.78 is 0. The predicted octanol–water partition coefficient (Wildman–Crippen LogP) is 4.34. The second-order valence-electron chi connectivity index (χ2n) is 5.30. The van der Waals surface area contributed by atoms with Crippen LogP contribution in [0.15, 0.2) is 23.8 Å². The van der Waals surface area contributed by atoms with Gasteiger partial charge in [0, 0.05) is 0 Å². The molecule has 1 aliphatic carbocycles. The molecule has 1 atom stereocenters. The van der Waals surface area contributed by atoms with Crippen LogP contribution in [0.2, 0.25) is 0 Å². The topological polar surface area (TPSA) is 0 Å². The Morgan fingerprint density at radius 2 is 2.08 bits per heavy atom. The van der Waals surface area contributed by atoms with E-state index in [9.17, 15) is 0 Å². The molecule has 0 fully saturated rings. The Kier molecular flexibility index (Phi) is 3.00. The first-order chi connectivity index (χ1) is 5.91. The standard InChI is InChI=1S/C13H22/c1-10-6-8-12(9-7-10)11(2)13(3,4)5/h6,12H,2,7-9H2,1,3-5H3/t12-/m1/s1. The van der Waals surface area contributed by atoms with Gasteiger partial charge in [-0.1, -0.05) is 44.6 Å². The highest BCUT2D eigenvalue weighted by atomic mass is 14.3. The first-order valence-electron chi connectivity index (χ1n) is 5.26. The third kappa shape index (κ3) is 2.72. The molecule has 0 unspecified atom stereocenters. The van der Waals surface area contributed by atoms with Crippen molar-refractivity contribution in [1.82, 2.24) is 0 Å². The second kappa shape index (κ2) is 3.69. The highest BCUT2D eigenvalue weighted by molar-refractivity contribution is 5.16. The van der Waals surface area contributed by atoms with Crippen molar-refractivity contribution in [1.29, 1.82) is 0 Å². The summed E-state index contributed by atoms with van der Waals surface area (Å²) >= 11 is 0. The number of rotatable bonds is 1. The van der Waals surface area contributed by atoms with Gasteiger partial charge in [-0.3, -0.25) is 0 Å². The van der Waals surface area contributed by atoms with Gasteiger partial charge in [0.25, 0.3) is 0 Å². The van der Waals surface area contributed by atoms with Crippen LogP contribution in [0.3, 0.4) is 0 Å². The van der Waals surface area contributed by atoms with Gasteiger partial charge in [0.15, 0.2) is 0 Å². The van der Waals surface area contributed by atoms with E-state index in [4.69, 9.17) is 0 Å². The van der Waals surface area contributed by atoms with E-state index in [0.717, 1.165) is 5.92 Å². The largest absolute Gasteiger partial charge is 0.0990 e. The maximum atomic E-state index is 4.25. The molecule has 13 heavy (non-hydrogen) atoms. The lowest BCUT2D eigenvalue weighted by Crippen LogP contribution is -2.18. The van der Waals surface area contributed by atoms with E-state index in [-0.39, 0.29) is 5.41 Å². The summed E-state index contributed by atoms with van der Waals surface area (Å²) in [6.45, 7) is 13.3. The molecule has 0 aromatic heterocycles. The summed E-state index contributed by atoms with van der Waals surface area (Å²) in [5, 5.41) is 0. The summed E-state index contributed by atoms with van der Waals surface area (Å²) in [4.78, 5) is 0. The van der Waals surface area contributed by atoms with Crippen LogP contribution in [0, 0.1) is 11.3 Å². The molecule has 0 saturated carbocycles. The zero-order valence-corrected chi connectivity index (χ0v) is 9.48. The molecule has 0 heterocycles. The van der Waals surface area contributed by atoms with Crippen molar-refractivity contribution in [2.45, 2.75) is 47.0 Å². The van der Waals surface area contributed by atoms with Gasteiger partial charge in [-0.05, 0) is 37.5 Å². The highest BCUT2D eigenvalue weighted by Crippen LogP contribution is 2.37. The summed E-state index contributed by atoms with van der Waals surface area (Å²) in [7, 11) is 0. The van der Waals surface area contributed by atoms with Crippen molar-refractivity contribution in [3.63, 3.8) is 0 Å². The van der Waals surface area contributed by atoms with Crippen LogP contribution < -0.4 is 0 Å². The van der Waals surface area contributed by atoms with Crippen LogP contribution in [0.5, 0.6) is 0 Å². The van der Waals surface area contributed by atoms with Crippen molar-refractivity contribution in [3.05, 3.63) is 23.8 Å². The number of hydrogen-bond acceptors (Lipinski definition) is 0. The zero-order chi connectivity index (χ0) is 10.1. The smallest absolute Gasteiger partial charge is 0.0163 e. The Morgan fingerprint density at radius 3 is 2.46 bits per heavy atom. The molecule has 0 N–H and O–H groups in total. The Balaban J connectivity index is 2.61. The Morgan fingerprint density at radius 1 is 1.46 bits per heavy atom. The fourth-order valence-corrected chi connectivity index (χ4v) is 1.89. The zero-order valence-electron chi connectivity index (χ0n) is 9.48. The molecule has 0 aliphatic heterocycles. The average Bonchev–Trinajstić information content (AvgIpc) is 2.03. The molecule has 0 spiro atoms. The molecule has 0 bridgehead atoms. The Hall–Kier alpha value is -0.520. The summed E-state index contributed by atoms with van der Waals surface area (Å²) in [5.74, 6) is 0.726. The maximum absolute atomic E-state index is 4.25. The molecule has 0 nitrogen and oxygen atoms in total. The van der Waals surface area contributed by atoms with E-state index in [2.05, 4.69) is 40.3 Å². The lowest BCUT2D eigenvalue weighted by atomic mass is 9.74. The molecular weight excluding hydrogens is 156 g/mol. The number of hydrogen-bond donors (Lipinski definition) is 0. The maximum Gasteiger partial charge on any atom is -0.0163 e. The Labute approximate surface area is 82.7 Å². The Bertz CT molecular complexity index is 225. The number of allylic oxidation sites excluding steroid dienone is 3. The van der Waals surface area contributed by atoms with Gasteiger partial charge >= 0.3 is 0 Å². The molecule has 1 aliphatic rings. The van der Waals surface area contributed by atoms with Crippen LogP contribution in [-0.2, 0) is 0 Å². The third-order valence-corrected chi connectivity index (χ3v) is 3.09. The minimum atomic E-state index is 0.281. The van der Waals surface area contributed by atoms with E-state index >= 15 is 0 Å². The lowest BCUT2D eigenvalue weighted by Gasteiger charge is -2.31. The molecule has 0 radical (unpaired) electrons. The average molecular weight is 178 g/mol. The van der Waals surface area contributed by atoms with Crippen molar-refractivity contribution in [2.24, 2.45) is 11.3 Å². The quantitative estimate of drug-likeness (QED) is 0.524. The van der Waals surface area contributed by atoms with Crippen molar-refractivity contribution < 1.29 is 0 Å². The van der Waals surface area contributed by atoms with Crippen LogP contribution in [0.4, 0.5) is 0 Å². The minimum absolute atomic E-state index is 0.281. The predicted molar refractivity (Wildman–Crippen MR) is 59.7 cm³/mol. The van der Waals surface area contributed by atoms with E-state index in [1.165, 1.54) is 24.8 Å². The van der Waals surface area contributed by atoms with Gasteiger partial charge in [-0.15, -0.1) is 0 Å². The SMILES string of the molecule is C=C([C@@H]1CC=C(C)CC1)C(C)(C)C. The first kappa shape index (κ1) is 10.6. The molecule has 1 rings (SSSR count). The second-order valence-corrected chi connectivity index (χ2v) is 5.30. The van der Waals surface area contributed by atoms with Crippen molar-refractivity contribution >= 4 is 0 Å². The van der Waals surface area contributed by atoms with Crippen LogP contribution in [0.1, 0.15) is 47.0 Å². The summed E-state index contributed by atoms with van der Waals surface area (Å²) in [5.41, 5.74) is 3.26. The molecular formula is C13H22. The van der Waals surface area contributed by atoms with E-state index in [1.54, 1.807) is 5.57 Å². The van der Waals surface area contributed by atoms with Crippen molar-refractivity contribution in [2.75, 3.05) is 0 Å². The van der Waals surface area contributed by atoms with Gasteiger partial charge in [0.05, 0.1) is 0 Å². The summed E-state index contributed by atoms with van der Waals surface area (Å²) in [6.07, 6.45) is 6.16. The highest BCUT2D eigenvalue weighted by Gasteiger charge is 2.24. The molecule has 0 aromatic rings. The van der Waals surface area contributed by atoms with Gasteiger partial charge in [-0.25, -0.2) is 0 Å². The molecule has 74 valence electrons. The van der Waals surface area contributed by atoms with Gasteiger partial charge in [0.1, 0.15) is 0 Å². The monoisotopic (exact) mass is 178 g/mol. The van der Waals surface area contributed by atoms with Crippen LogP contribution in [-0.4, -0.2) is 0 Å². The third-order valence-electron chi connectivity index (χ3n) is 3.09. The van der Waals surface area contributed by atoms with E-state index in [1.807, 2.05) is 0 Å². The van der Waals surface area contributed by atoms with Crippen molar-refractivity contribution in [3.8, 4) is 0 Å². The molecule has 0 saturated heterocycles. The van der Waals surface area contributed by atoms with Gasteiger partial charge in [-0.2, -0.15) is 0 Å². The fraction of sp³-hybridized carbons (Fsp3) is 0.692. The lowest BCUT2D eigenvalue weighted by molar-refractivity contribution is 0.400. The van der Waals surface area contributed by atoms with E-state index < -0.39 is 0 Å². The van der Waals surface area contributed by atoms with Crippen LogP contribution >= 0.6 is 0 Å². The van der Waals surface area contributed by atoms with E-state index in [0.29, 0.717) is 0 Å². The van der Waals surface area contributed by atoms with Gasteiger partial charge in [0.2, 0.25) is 0 Å². The first-order valence-corrected chi connectivity index (χ1v) is 5.26.